The van der Waals surface area contributed by atoms with Crippen LogP contribution in [0.4, 0.5) is 0 Å². The summed E-state index contributed by atoms with van der Waals surface area (Å²) in [5.74, 6) is 1.89. The van der Waals surface area contributed by atoms with Gasteiger partial charge >= 0.3 is 0 Å². The molecule has 1 aromatic carbocycles. The lowest BCUT2D eigenvalue weighted by Crippen LogP contribution is -2.42. The number of fused-ring (bicyclic) bond motifs is 1. The number of pyridine rings is 2. The normalized spacial score (nSPS) is 14.8. The Balaban J connectivity index is 1.24. The number of carbonyl (C=O) groups excluding carboxylic acids is 1. The predicted molar refractivity (Wildman–Crippen MR) is 122 cm³/mol. The Morgan fingerprint density at radius 1 is 1.15 bits per heavy atom. The summed E-state index contributed by atoms with van der Waals surface area (Å²) in [7, 11) is 1.90. The van der Waals surface area contributed by atoms with Gasteiger partial charge in [0.2, 0.25) is 5.88 Å². The summed E-state index contributed by atoms with van der Waals surface area (Å²) in [6.45, 7) is 0.720. The van der Waals surface area contributed by atoms with Crippen molar-refractivity contribution >= 4 is 5.91 Å². The number of imidazole rings is 1. The van der Waals surface area contributed by atoms with Crippen molar-refractivity contribution in [3.8, 4) is 22.8 Å². The third kappa shape index (κ3) is 4.55. The number of hydrogen-bond donors (Lipinski definition) is 1. The molecule has 8 nitrogen and oxygen atoms in total. The Bertz CT molecular complexity index is 1250. The summed E-state index contributed by atoms with van der Waals surface area (Å²) in [5.41, 5.74) is 3.71. The van der Waals surface area contributed by atoms with Crippen molar-refractivity contribution in [2.75, 3.05) is 6.61 Å². The zero-order valence-corrected chi connectivity index (χ0v) is 18.1. The predicted octanol–water partition coefficient (Wildman–Crippen LogP) is 3.19. The van der Waals surface area contributed by atoms with Gasteiger partial charge in [-0.2, -0.15) is 0 Å². The van der Waals surface area contributed by atoms with Crippen molar-refractivity contribution in [1.29, 1.82) is 0 Å². The van der Waals surface area contributed by atoms with Gasteiger partial charge in [-0.05, 0) is 35.4 Å². The molecule has 8 heteroatoms. The molecule has 1 amide bonds. The molecule has 0 aliphatic carbocycles. The van der Waals surface area contributed by atoms with Crippen LogP contribution in [-0.2, 0) is 20.1 Å². The van der Waals surface area contributed by atoms with Gasteiger partial charge < -0.3 is 19.4 Å². The highest BCUT2D eigenvalue weighted by Crippen LogP contribution is 2.34. The highest BCUT2D eigenvalue weighted by molar-refractivity contribution is 5.94. The van der Waals surface area contributed by atoms with E-state index in [-0.39, 0.29) is 11.9 Å². The number of carbonyl (C=O) groups is 1. The number of nitrogens with one attached hydrogen (secondary N) is 1. The van der Waals surface area contributed by atoms with Crippen molar-refractivity contribution in [2.24, 2.45) is 7.05 Å². The van der Waals surface area contributed by atoms with Crippen LogP contribution in [0.25, 0.3) is 11.1 Å². The first kappa shape index (κ1) is 20.7. The van der Waals surface area contributed by atoms with E-state index >= 15 is 0 Å². The lowest BCUT2D eigenvalue weighted by molar-refractivity contribution is 0.0915. The van der Waals surface area contributed by atoms with Crippen molar-refractivity contribution in [3.05, 3.63) is 90.4 Å². The van der Waals surface area contributed by atoms with Crippen molar-refractivity contribution in [2.45, 2.75) is 19.1 Å². The minimum atomic E-state index is -0.198. The van der Waals surface area contributed by atoms with Gasteiger partial charge in [-0.1, -0.05) is 12.1 Å². The fourth-order valence-electron chi connectivity index (χ4n) is 3.84. The lowest BCUT2D eigenvalue weighted by Gasteiger charge is -2.28. The van der Waals surface area contributed by atoms with Crippen LogP contribution in [0.5, 0.6) is 11.6 Å². The average Bonchev–Trinajstić information content (AvgIpc) is 3.27. The average molecular weight is 441 g/mol. The van der Waals surface area contributed by atoms with Gasteiger partial charge in [0.1, 0.15) is 24.8 Å². The first-order chi connectivity index (χ1) is 16.2. The number of rotatable bonds is 6. The van der Waals surface area contributed by atoms with Crippen LogP contribution in [0.15, 0.2) is 73.4 Å². The molecule has 1 N–H and O–H groups in total. The van der Waals surface area contributed by atoms with Gasteiger partial charge in [0.25, 0.3) is 5.91 Å². The molecule has 1 atom stereocenters. The smallest absolute Gasteiger partial charge is 0.253 e. The van der Waals surface area contributed by atoms with Crippen molar-refractivity contribution in [1.82, 2.24) is 24.8 Å². The first-order valence-corrected chi connectivity index (χ1v) is 10.7. The number of benzene rings is 1. The molecule has 3 aromatic heterocycles. The second-order valence-corrected chi connectivity index (χ2v) is 7.83. The van der Waals surface area contributed by atoms with Crippen LogP contribution in [0, 0.1) is 0 Å². The van der Waals surface area contributed by atoms with Crippen LogP contribution >= 0.6 is 0 Å². The number of hydrogen-bond acceptors (Lipinski definition) is 6. The Kier molecular flexibility index (Phi) is 5.72. The zero-order valence-electron chi connectivity index (χ0n) is 18.1. The summed E-state index contributed by atoms with van der Waals surface area (Å²) in [6.07, 6.45) is 9.31. The lowest BCUT2D eigenvalue weighted by atomic mass is 9.93. The zero-order chi connectivity index (χ0) is 22.6. The summed E-state index contributed by atoms with van der Waals surface area (Å²) in [4.78, 5) is 25.4. The molecule has 1 aliphatic heterocycles. The minimum Gasteiger partial charge on any atom is -0.491 e. The van der Waals surface area contributed by atoms with E-state index in [0.29, 0.717) is 31.1 Å². The summed E-state index contributed by atoms with van der Waals surface area (Å²) >= 11 is 0. The maximum Gasteiger partial charge on any atom is 0.253 e. The Hall–Kier alpha value is -4.20. The monoisotopic (exact) mass is 441 g/mol. The Morgan fingerprint density at radius 3 is 2.79 bits per heavy atom. The number of aryl methyl sites for hydroxylation is 1. The van der Waals surface area contributed by atoms with Gasteiger partial charge in [-0.25, -0.2) is 9.97 Å². The van der Waals surface area contributed by atoms with Crippen LogP contribution < -0.4 is 14.8 Å². The van der Waals surface area contributed by atoms with Gasteiger partial charge in [-0.3, -0.25) is 9.78 Å². The number of ether oxygens (including phenoxy) is 2. The Morgan fingerprint density at radius 2 is 2.03 bits per heavy atom. The molecule has 0 saturated carbocycles. The van der Waals surface area contributed by atoms with E-state index in [1.807, 2.05) is 42.1 Å². The van der Waals surface area contributed by atoms with Crippen LogP contribution in [0.2, 0.25) is 0 Å². The van der Waals surface area contributed by atoms with Crippen molar-refractivity contribution < 1.29 is 14.3 Å². The molecule has 33 heavy (non-hydrogen) atoms. The molecule has 4 aromatic rings. The molecule has 0 unspecified atom stereocenters. The second-order valence-electron chi connectivity index (χ2n) is 7.83. The maximum absolute atomic E-state index is 12.8. The quantitative estimate of drug-likeness (QED) is 0.494. The molecular weight excluding hydrogens is 418 g/mol. The van der Waals surface area contributed by atoms with Gasteiger partial charge in [0.15, 0.2) is 0 Å². The van der Waals surface area contributed by atoms with E-state index in [1.54, 1.807) is 30.7 Å². The highest BCUT2D eigenvalue weighted by Gasteiger charge is 2.24. The molecule has 5 rings (SSSR count). The molecule has 0 bridgehead atoms. The molecular formula is C25H23N5O3. The van der Waals surface area contributed by atoms with E-state index in [2.05, 4.69) is 26.3 Å². The third-order valence-electron chi connectivity index (χ3n) is 5.62. The first-order valence-electron chi connectivity index (χ1n) is 10.7. The van der Waals surface area contributed by atoms with Gasteiger partial charge in [-0.15, -0.1) is 0 Å². The fraction of sp³-hybridized carbons (Fsp3) is 0.200. The van der Waals surface area contributed by atoms with Gasteiger partial charge in [0.05, 0.1) is 11.6 Å². The molecule has 0 saturated heterocycles. The Labute approximate surface area is 191 Å². The van der Waals surface area contributed by atoms with Crippen molar-refractivity contribution in [3.63, 3.8) is 0 Å². The van der Waals surface area contributed by atoms with E-state index in [9.17, 15) is 4.79 Å². The maximum atomic E-state index is 12.8. The standard InChI is InChI=1S/C25H23N5O3/c1-30-12-11-27-23(30)16-33-24-6-5-18(14-28-24)25(31)29-19-13-21-20(17-7-9-26-10-8-17)3-2-4-22(21)32-15-19/h2-12,14,19H,13,15-16H2,1H3,(H,29,31)/t19-/m0/s1. The number of nitrogens with zero attached hydrogens (tertiary/aromatic N) is 4. The summed E-state index contributed by atoms with van der Waals surface area (Å²) in [5, 5.41) is 3.07. The number of aromatic nitrogens is 4. The molecule has 4 heterocycles. The van der Waals surface area contributed by atoms with Crippen LogP contribution in [0.1, 0.15) is 21.7 Å². The van der Waals surface area contributed by atoms with E-state index in [4.69, 9.17) is 9.47 Å². The van der Waals surface area contributed by atoms with E-state index in [1.165, 1.54) is 6.20 Å². The van der Waals surface area contributed by atoms with Crippen LogP contribution in [0.3, 0.4) is 0 Å². The molecule has 0 spiro atoms. The topological polar surface area (TPSA) is 91.2 Å². The summed E-state index contributed by atoms with van der Waals surface area (Å²) < 4.78 is 13.5. The van der Waals surface area contributed by atoms with Crippen LogP contribution in [-0.4, -0.2) is 38.1 Å². The SMILES string of the molecule is Cn1ccnc1COc1ccc(C(=O)N[C@@H]2COc3cccc(-c4ccncc4)c3C2)cn1. The molecule has 0 radical (unpaired) electrons. The highest BCUT2D eigenvalue weighted by atomic mass is 16.5. The van der Waals surface area contributed by atoms with E-state index < -0.39 is 0 Å². The minimum absolute atomic E-state index is 0.146. The molecule has 0 fully saturated rings. The third-order valence-corrected chi connectivity index (χ3v) is 5.62. The number of amides is 1. The molecule has 1 aliphatic rings. The molecule has 166 valence electrons. The largest absolute Gasteiger partial charge is 0.491 e. The van der Waals surface area contributed by atoms with Gasteiger partial charge in [0, 0.05) is 56.1 Å². The summed E-state index contributed by atoms with van der Waals surface area (Å²) in [6, 6.07) is 13.2. The van der Waals surface area contributed by atoms with E-state index in [0.717, 1.165) is 28.3 Å². The fourth-order valence-corrected chi connectivity index (χ4v) is 3.84. The second kappa shape index (κ2) is 9.12.